The second-order valence-corrected chi connectivity index (χ2v) is 5.07. The van der Waals surface area contributed by atoms with E-state index in [1.807, 2.05) is 30.3 Å². The zero-order valence-electron chi connectivity index (χ0n) is 10.7. The summed E-state index contributed by atoms with van der Waals surface area (Å²) in [4.78, 5) is 0. The summed E-state index contributed by atoms with van der Waals surface area (Å²) < 4.78 is 1.72. The van der Waals surface area contributed by atoms with Crippen molar-refractivity contribution < 1.29 is 0 Å². The lowest BCUT2D eigenvalue weighted by atomic mass is 10.1. The number of rotatable bonds is 4. The molecule has 1 aromatic heterocycles. The molecule has 0 amide bonds. The number of nitrogens with zero attached hydrogens (tertiary/aromatic N) is 4. The van der Waals surface area contributed by atoms with Gasteiger partial charge in [0.1, 0.15) is 0 Å². The van der Waals surface area contributed by atoms with Gasteiger partial charge in [0.2, 0.25) is 5.95 Å². The minimum Gasteiger partial charge on any atom is -0.352 e. The third kappa shape index (κ3) is 2.73. The van der Waals surface area contributed by atoms with E-state index in [-0.39, 0.29) is 0 Å². The molecule has 1 saturated carbocycles. The van der Waals surface area contributed by atoms with Gasteiger partial charge >= 0.3 is 0 Å². The molecule has 6 heteroatoms. The number of aromatic nitrogens is 4. The van der Waals surface area contributed by atoms with Crippen LogP contribution in [0.3, 0.4) is 0 Å². The van der Waals surface area contributed by atoms with Crippen LogP contribution in [-0.2, 0) is 0 Å². The lowest BCUT2D eigenvalue weighted by Crippen LogP contribution is -2.18. The molecule has 2 aromatic rings. The average Bonchev–Trinajstić information content (AvgIpc) is 3.06. The number of para-hydroxylation sites is 1. The summed E-state index contributed by atoms with van der Waals surface area (Å²) in [5, 5.41) is 15.1. The van der Waals surface area contributed by atoms with Crippen LogP contribution in [0.25, 0.3) is 5.69 Å². The molecule has 1 heterocycles. The molecule has 0 saturated heterocycles. The van der Waals surface area contributed by atoms with Crippen molar-refractivity contribution in [1.29, 1.82) is 0 Å². The molecule has 2 unspecified atom stereocenters. The molecule has 0 bridgehead atoms. The Bertz CT molecular complexity index is 523. The fourth-order valence-corrected chi connectivity index (χ4v) is 2.58. The molecule has 2 atom stereocenters. The molecular weight excluding hydrogens is 240 g/mol. The SMILES string of the molecule is NC1CCC(CNc2nnnn2-c2ccccc2)C1. The van der Waals surface area contributed by atoms with Gasteiger partial charge in [-0.2, -0.15) is 4.68 Å². The first kappa shape index (κ1) is 12.1. The first-order valence-electron chi connectivity index (χ1n) is 6.66. The summed E-state index contributed by atoms with van der Waals surface area (Å²) in [6.45, 7) is 0.876. The molecule has 1 aromatic carbocycles. The number of benzene rings is 1. The number of nitrogens with two attached hydrogens (primary N) is 1. The first-order chi connectivity index (χ1) is 9.33. The van der Waals surface area contributed by atoms with Crippen molar-refractivity contribution in [1.82, 2.24) is 20.2 Å². The summed E-state index contributed by atoms with van der Waals surface area (Å²) >= 11 is 0. The lowest BCUT2D eigenvalue weighted by molar-refractivity contribution is 0.563. The summed E-state index contributed by atoms with van der Waals surface area (Å²) in [6.07, 6.45) is 3.39. The highest BCUT2D eigenvalue weighted by molar-refractivity contribution is 5.38. The predicted octanol–water partition coefficient (Wildman–Crippen LogP) is 1.20. The van der Waals surface area contributed by atoms with Crippen molar-refractivity contribution in [2.24, 2.45) is 11.7 Å². The van der Waals surface area contributed by atoms with Crippen LogP contribution in [-0.4, -0.2) is 32.8 Å². The van der Waals surface area contributed by atoms with E-state index >= 15 is 0 Å². The maximum atomic E-state index is 5.92. The fraction of sp³-hybridized carbons (Fsp3) is 0.462. The molecule has 6 nitrogen and oxygen atoms in total. The Morgan fingerprint density at radius 1 is 1.26 bits per heavy atom. The Hall–Kier alpha value is -1.95. The van der Waals surface area contributed by atoms with E-state index in [1.54, 1.807) is 4.68 Å². The smallest absolute Gasteiger partial charge is 0.247 e. The first-order valence-corrected chi connectivity index (χ1v) is 6.66. The summed E-state index contributed by atoms with van der Waals surface area (Å²) in [7, 11) is 0. The Labute approximate surface area is 112 Å². The van der Waals surface area contributed by atoms with Gasteiger partial charge in [-0.15, -0.1) is 0 Å². The number of anilines is 1. The predicted molar refractivity (Wildman–Crippen MR) is 73.0 cm³/mol. The van der Waals surface area contributed by atoms with Gasteiger partial charge in [0.15, 0.2) is 0 Å². The Morgan fingerprint density at radius 2 is 2.11 bits per heavy atom. The molecule has 1 fully saturated rings. The van der Waals surface area contributed by atoms with Crippen LogP contribution >= 0.6 is 0 Å². The Balaban J connectivity index is 1.67. The highest BCUT2D eigenvalue weighted by Crippen LogP contribution is 2.24. The molecule has 3 N–H and O–H groups in total. The van der Waals surface area contributed by atoms with E-state index in [4.69, 9.17) is 5.73 Å². The minimum atomic E-state index is 0.358. The quantitative estimate of drug-likeness (QED) is 0.861. The van der Waals surface area contributed by atoms with Gasteiger partial charge < -0.3 is 11.1 Å². The molecule has 0 aliphatic heterocycles. The molecule has 0 spiro atoms. The van der Waals surface area contributed by atoms with Gasteiger partial charge in [0.25, 0.3) is 0 Å². The molecule has 3 rings (SSSR count). The molecule has 0 radical (unpaired) electrons. The number of hydrogen-bond donors (Lipinski definition) is 2. The van der Waals surface area contributed by atoms with Crippen molar-refractivity contribution >= 4 is 5.95 Å². The molecule has 100 valence electrons. The number of hydrogen-bond acceptors (Lipinski definition) is 5. The molecule has 19 heavy (non-hydrogen) atoms. The van der Waals surface area contributed by atoms with E-state index < -0.39 is 0 Å². The molecule has 1 aliphatic carbocycles. The second kappa shape index (κ2) is 5.36. The van der Waals surface area contributed by atoms with Gasteiger partial charge in [-0.05, 0) is 47.7 Å². The van der Waals surface area contributed by atoms with Crippen LogP contribution in [0.4, 0.5) is 5.95 Å². The highest BCUT2D eigenvalue weighted by atomic mass is 15.6. The van der Waals surface area contributed by atoms with Crippen LogP contribution in [0.1, 0.15) is 19.3 Å². The normalized spacial score (nSPS) is 22.6. The third-order valence-electron chi connectivity index (χ3n) is 3.60. The van der Waals surface area contributed by atoms with Crippen molar-refractivity contribution in [3.8, 4) is 5.69 Å². The van der Waals surface area contributed by atoms with Gasteiger partial charge in [-0.3, -0.25) is 0 Å². The van der Waals surface area contributed by atoms with Crippen molar-refractivity contribution in [2.75, 3.05) is 11.9 Å². The van der Waals surface area contributed by atoms with Gasteiger partial charge in [-0.1, -0.05) is 23.3 Å². The van der Waals surface area contributed by atoms with E-state index in [0.717, 1.165) is 25.1 Å². The van der Waals surface area contributed by atoms with E-state index in [1.165, 1.54) is 6.42 Å². The van der Waals surface area contributed by atoms with Gasteiger partial charge in [0.05, 0.1) is 5.69 Å². The van der Waals surface area contributed by atoms with E-state index in [2.05, 4.69) is 20.8 Å². The highest BCUT2D eigenvalue weighted by Gasteiger charge is 2.22. The zero-order chi connectivity index (χ0) is 13.1. The second-order valence-electron chi connectivity index (χ2n) is 5.07. The van der Waals surface area contributed by atoms with Gasteiger partial charge in [-0.25, -0.2) is 0 Å². The van der Waals surface area contributed by atoms with Crippen LogP contribution in [0, 0.1) is 5.92 Å². The lowest BCUT2D eigenvalue weighted by Gasteiger charge is -2.11. The summed E-state index contributed by atoms with van der Waals surface area (Å²) in [5.74, 6) is 1.31. The average molecular weight is 258 g/mol. The summed E-state index contributed by atoms with van der Waals surface area (Å²) in [6, 6.07) is 10.2. The Kier molecular flexibility index (Phi) is 3.41. The summed E-state index contributed by atoms with van der Waals surface area (Å²) in [5.41, 5.74) is 6.88. The van der Waals surface area contributed by atoms with E-state index in [9.17, 15) is 0 Å². The van der Waals surface area contributed by atoms with Crippen molar-refractivity contribution in [2.45, 2.75) is 25.3 Å². The minimum absolute atomic E-state index is 0.358. The fourth-order valence-electron chi connectivity index (χ4n) is 2.58. The van der Waals surface area contributed by atoms with Gasteiger partial charge in [0, 0.05) is 12.6 Å². The topological polar surface area (TPSA) is 81.7 Å². The number of tetrazole rings is 1. The molecule has 1 aliphatic rings. The maximum Gasteiger partial charge on any atom is 0.247 e. The number of nitrogens with one attached hydrogen (secondary N) is 1. The largest absolute Gasteiger partial charge is 0.352 e. The van der Waals surface area contributed by atoms with Crippen LogP contribution in [0.5, 0.6) is 0 Å². The van der Waals surface area contributed by atoms with E-state index in [0.29, 0.717) is 17.9 Å². The molecular formula is C13H18N6. The van der Waals surface area contributed by atoms with Crippen molar-refractivity contribution in [3.05, 3.63) is 30.3 Å². The van der Waals surface area contributed by atoms with Crippen LogP contribution < -0.4 is 11.1 Å². The zero-order valence-corrected chi connectivity index (χ0v) is 10.7. The van der Waals surface area contributed by atoms with Crippen molar-refractivity contribution in [3.63, 3.8) is 0 Å². The Morgan fingerprint density at radius 3 is 2.84 bits per heavy atom. The standard InChI is InChI=1S/C13H18N6/c14-11-7-6-10(8-11)9-15-13-16-17-18-19(13)12-4-2-1-3-5-12/h1-5,10-11H,6-9,14H2,(H,15,16,18). The third-order valence-corrected chi connectivity index (χ3v) is 3.60. The van der Waals surface area contributed by atoms with Crippen LogP contribution in [0.2, 0.25) is 0 Å². The maximum absolute atomic E-state index is 5.92. The van der Waals surface area contributed by atoms with Crippen LogP contribution in [0.15, 0.2) is 30.3 Å². The monoisotopic (exact) mass is 258 g/mol.